The molecule has 1 aromatic heterocycles. The van der Waals surface area contributed by atoms with Crippen LogP contribution in [0.2, 0.25) is 0 Å². The van der Waals surface area contributed by atoms with Gasteiger partial charge in [0, 0.05) is 23.5 Å². The monoisotopic (exact) mass is 475 g/mol. The molecular formula is C22H22FN3O4S2. The maximum atomic E-state index is 13.1. The Hall–Kier alpha value is -3.08. The van der Waals surface area contributed by atoms with E-state index in [1.54, 1.807) is 38.1 Å². The minimum atomic E-state index is -3.65. The van der Waals surface area contributed by atoms with Crippen molar-refractivity contribution in [3.05, 3.63) is 76.9 Å². The number of hydrogen-bond donors (Lipinski definition) is 2. The van der Waals surface area contributed by atoms with Gasteiger partial charge in [0.1, 0.15) is 5.82 Å². The lowest BCUT2D eigenvalue weighted by Crippen LogP contribution is -2.41. The van der Waals surface area contributed by atoms with Gasteiger partial charge in [0.2, 0.25) is 10.0 Å². The van der Waals surface area contributed by atoms with Crippen LogP contribution >= 0.6 is 11.3 Å². The number of amides is 2. The van der Waals surface area contributed by atoms with Crippen LogP contribution in [-0.4, -0.2) is 37.6 Å². The average Bonchev–Trinajstić information content (AvgIpc) is 3.27. The largest absolute Gasteiger partial charge is 0.279 e. The van der Waals surface area contributed by atoms with Gasteiger partial charge < -0.3 is 0 Å². The van der Waals surface area contributed by atoms with Gasteiger partial charge >= 0.3 is 0 Å². The predicted octanol–water partition coefficient (Wildman–Crippen LogP) is 3.66. The van der Waals surface area contributed by atoms with Gasteiger partial charge in [0.25, 0.3) is 11.8 Å². The summed E-state index contributed by atoms with van der Waals surface area (Å²) in [6.07, 6.45) is 0. The summed E-state index contributed by atoms with van der Waals surface area (Å²) in [6, 6.07) is 14.5. The molecule has 32 heavy (non-hydrogen) atoms. The third-order valence-electron chi connectivity index (χ3n) is 4.77. The second-order valence-electron chi connectivity index (χ2n) is 7.22. The van der Waals surface area contributed by atoms with Crippen LogP contribution in [0.15, 0.2) is 65.6 Å². The number of hydrogen-bond acceptors (Lipinski definition) is 5. The Morgan fingerprint density at radius 3 is 2.09 bits per heavy atom. The molecule has 2 aromatic carbocycles. The lowest BCUT2D eigenvalue weighted by molar-refractivity contribution is 0.0849. The molecule has 7 nitrogen and oxygen atoms in total. The first-order valence-corrected chi connectivity index (χ1v) is 11.9. The summed E-state index contributed by atoms with van der Waals surface area (Å²) >= 11 is 1.20. The molecule has 0 saturated heterocycles. The van der Waals surface area contributed by atoms with Crippen molar-refractivity contribution in [2.75, 3.05) is 7.05 Å². The van der Waals surface area contributed by atoms with Crippen LogP contribution in [0.1, 0.15) is 33.9 Å². The van der Waals surface area contributed by atoms with Gasteiger partial charge in [-0.3, -0.25) is 20.4 Å². The molecule has 0 radical (unpaired) electrons. The Morgan fingerprint density at radius 2 is 1.50 bits per heavy atom. The quantitative estimate of drug-likeness (QED) is 0.532. The molecule has 3 aromatic rings. The highest BCUT2D eigenvalue weighted by atomic mass is 32.2. The molecule has 0 fully saturated rings. The van der Waals surface area contributed by atoms with Crippen LogP contribution in [0.25, 0.3) is 10.4 Å². The second kappa shape index (κ2) is 9.60. The van der Waals surface area contributed by atoms with Crippen molar-refractivity contribution in [2.45, 2.75) is 24.8 Å². The molecule has 10 heteroatoms. The molecule has 3 rings (SSSR count). The zero-order valence-corrected chi connectivity index (χ0v) is 19.3. The summed E-state index contributed by atoms with van der Waals surface area (Å²) < 4.78 is 39.3. The smallest absolute Gasteiger partial charge is 0.267 e. The normalized spacial score (nSPS) is 11.6. The number of halogens is 1. The molecule has 0 aliphatic heterocycles. The molecule has 2 N–H and O–H groups in total. The fourth-order valence-corrected chi connectivity index (χ4v) is 4.97. The van der Waals surface area contributed by atoms with Crippen molar-refractivity contribution in [1.29, 1.82) is 0 Å². The van der Waals surface area contributed by atoms with Crippen molar-refractivity contribution in [2.24, 2.45) is 0 Å². The number of carbonyl (C=O) groups is 2. The van der Waals surface area contributed by atoms with Crippen molar-refractivity contribution in [1.82, 2.24) is 15.2 Å². The lowest BCUT2D eigenvalue weighted by Gasteiger charge is -2.21. The van der Waals surface area contributed by atoms with Crippen LogP contribution < -0.4 is 10.9 Å². The number of carbonyl (C=O) groups excluding carboxylic acids is 2. The summed E-state index contributed by atoms with van der Waals surface area (Å²) in [5.74, 6) is -1.44. The fourth-order valence-electron chi connectivity index (χ4n) is 2.70. The number of sulfonamides is 1. The highest BCUT2D eigenvalue weighted by Crippen LogP contribution is 2.28. The van der Waals surface area contributed by atoms with E-state index >= 15 is 0 Å². The molecule has 0 spiro atoms. The Labute approximate surface area is 189 Å². The number of hydrazine groups is 1. The minimum absolute atomic E-state index is 0.0705. The van der Waals surface area contributed by atoms with E-state index in [9.17, 15) is 22.4 Å². The van der Waals surface area contributed by atoms with Gasteiger partial charge in [0.15, 0.2) is 0 Å². The van der Waals surface area contributed by atoms with E-state index < -0.39 is 21.8 Å². The minimum Gasteiger partial charge on any atom is -0.267 e. The van der Waals surface area contributed by atoms with Crippen LogP contribution in [-0.2, 0) is 10.0 Å². The maximum absolute atomic E-state index is 13.1. The fraction of sp³-hybridized carbons (Fsp3) is 0.182. The summed E-state index contributed by atoms with van der Waals surface area (Å²) in [4.78, 5) is 25.9. The summed E-state index contributed by atoms with van der Waals surface area (Å²) in [5.41, 5.74) is 5.61. The number of nitrogens with one attached hydrogen (secondary N) is 2. The molecule has 0 aliphatic rings. The molecule has 1 heterocycles. The van der Waals surface area contributed by atoms with Crippen LogP contribution in [0.5, 0.6) is 0 Å². The van der Waals surface area contributed by atoms with E-state index in [2.05, 4.69) is 10.9 Å². The summed E-state index contributed by atoms with van der Waals surface area (Å²) in [7, 11) is -2.16. The molecule has 0 saturated carbocycles. The lowest BCUT2D eigenvalue weighted by atomic mass is 10.2. The van der Waals surface area contributed by atoms with Gasteiger partial charge in [-0.05, 0) is 67.9 Å². The molecule has 2 amide bonds. The molecule has 0 atom stereocenters. The third kappa shape index (κ3) is 5.21. The highest BCUT2D eigenvalue weighted by molar-refractivity contribution is 7.89. The van der Waals surface area contributed by atoms with Gasteiger partial charge in [0.05, 0.1) is 9.77 Å². The standard InChI is InChI=1S/C22H22FN3O4S2/c1-14(2)26(3)32(29,30)18-10-6-16(7-11-18)21(27)24-25-22(28)20-13-12-19(31-20)15-4-8-17(23)9-5-15/h4-14H,1-3H3,(H,24,27)(H,25,28). The van der Waals surface area contributed by atoms with E-state index in [1.807, 2.05) is 0 Å². The zero-order valence-electron chi connectivity index (χ0n) is 17.6. The van der Waals surface area contributed by atoms with E-state index in [1.165, 1.54) is 59.1 Å². The first kappa shape index (κ1) is 23.6. The Balaban J connectivity index is 1.62. The van der Waals surface area contributed by atoms with Gasteiger partial charge in [-0.15, -0.1) is 11.3 Å². The predicted molar refractivity (Wildman–Crippen MR) is 121 cm³/mol. The first-order chi connectivity index (χ1) is 15.1. The van der Waals surface area contributed by atoms with Gasteiger partial charge in [-0.2, -0.15) is 4.31 Å². The topological polar surface area (TPSA) is 95.6 Å². The van der Waals surface area contributed by atoms with Gasteiger partial charge in [-0.25, -0.2) is 12.8 Å². The Morgan fingerprint density at radius 1 is 0.906 bits per heavy atom. The number of benzene rings is 2. The second-order valence-corrected chi connectivity index (χ2v) is 10.3. The average molecular weight is 476 g/mol. The van der Waals surface area contributed by atoms with E-state index in [-0.39, 0.29) is 22.3 Å². The van der Waals surface area contributed by atoms with Crippen molar-refractivity contribution in [3.8, 4) is 10.4 Å². The number of nitrogens with zero attached hydrogens (tertiary/aromatic N) is 1. The number of thiophene rings is 1. The molecular weight excluding hydrogens is 453 g/mol. The Kier molecular flexibility index (Phi) is 7.07. The van der Waals surface area contributed by atoms with E-state index in [4.69, 9.17) is 0 Å². The molecule has 0 aliphatic carbocycles. The summed E-state index contributed by atoms with van der Waals surface area (Å²) in [6.45, 7) is 3.52. The van der Waals surface area contributed by atoms with Crippen molar-refractivity contribution in [3.63, 3.8) is 0 Å². The molecule has 0 unspecified atom stereocenters. The van der Waals surface area contributed by atoms with E-state index in [0.29, 0.717) is 4.88 Å². The Bertz CT molecular complexity index is 1220. The first-order valence-electron chi connectivity index (χ1n) is 9.64. The van der Waals surface area contributed by atoms with Gasteiger partial charge in [-0.1, -0.05) is 12.1 Å². The zero-order chi connectivity index (χ0) is 23.5. The van der Waals surface area contributed by atoms with E-state index in [0.717, 1.165) is 10.4 Å². The summed E-state index contributed by atoms with van der Waals surface area (Å²) in [5, 5.41) is 0. The molecule has 0 bridgehead atoms. The van der Waals surface area contributed by atoms with Crippen molar-refractivity contribution >= 4 is 33.2 Å². The highest BCUT2D eigenvalue weighted by Gasteiger charge is 2.23. The van der Waals surface area contributed by atoms with Crippen LogP contribution in [0.3, 0.4) is 0 Å². The number of rotatable bonds is 6. The van der Waals surface area contributed by atoms with Crippen LogP contribution in [0.4, 0.5) is 4.39 Å². The molecule has 168 valence electrons. The SMILES string of the molecule is CC(C)N(C)S(=O)(=O)c1ccc(C(=O)NNC(=O)c2ccc(-c3ccc(F)cc3)s2)cc1. The third-order valence-corrected chi connectivity index (χ3v) is 7.95. The maximum Gasteiger partial charge on any atom is 0.279 e. The van der Waals surface area contributed by atoms with Crippen molar-refractivity contribution < 1.29 is 22.4 Å². The van der Waals surface area contributed by atoms with Crippen LogP contribution in [0, 0.1) is 5.82 Å².